The summed E-state index contributed by atoms with van der Waals surface area (Å²) in [6.07, 6.45) is 5.30. The fourth-order valence-electron chi connectivity index (χ4n) is 2.07. The molecule has 0 saturated carbocycles. The van der Waals surface area contributed by atoms with E-state index < -0.39 is 15.0 Å². The summed E-state index contributed by atoms with van der Waals surface area (Å²) in [6.45, 7) is 5.63. The summed E-state index contributed by atoms with van der Waals surface area (Å²) >= 11 is 0. The minimum Gasteiger partial charge on any atom is -0.387 e. The first-order valence-corrected chi connectivity index (χ1v) is 8.70. The number of aromatic nitrogens is 2. The Labute approximate surface area is 145 Å². The molecule has 1 aromatic heterocycles. The van der Waals surface area contributed by atoms with Crippen LogP contribution in [-0.2, 0) is 27.3 Å². The van der Waals surface area contributed by atoms with Gasteiger partial charge in [0.1, 0.15) is 23.9 Å². The van der Waals surface area contributed by atoms with Gasteiger partial charge >= 0.3 is 15.9 Å². The number of hydrogen-bond donors (Lipinski definition) is 0. The SMILES string of the molecule is C=CCn1c([N+](=O)[O-])cnc1CC=COS(=O)(=O)c1ccc(C)cc1. The van der Waals surface area contributed by atoms with Crippen LogP contribution < -0.4 is 0 Å². The minimum absolute atomic E-state index is 0.0477. The van der Waals surface area contributed by atoms with Crippen molar-refractivity contribution in [2.24, 2.45) is 0 Å². The molecule has 0 bridgehead atoms. The summed E-state index contributed by atoms with van der Waals surface area (Å²) in [4.78, 5) is 14.4. The van der Waals surface area contributed by atoms with Crippen LogP contribution in [0.4, 0.5) is 5.82 Å². The lowest BCUT2D eigenvalue weighted by Gasteiger charge is -2.03. The van der Waals surface area contributed by atoms with E-state index in [0.29, 0.717) is 5.82 Å². The van der Waals surface area contributed by atoms with Crippen molar-refractivity contribution < 1.29 is 17.5 Å². The number of nitrogens with zero attached hydrogens (tertiary/aromatic N) is 3. The molecule has 0 aliphatic rings. The molecule has 0 fully saturated rings. The lowest BCUT2D eigenvalue weighted by atomic mass is 10.2. The van der Waals surface area contributed by atoms with Gasteiger partial charge in [0.2, 0.25) is 5.82 Å². The molecule has 0 N–H and O–H groups in total. The predicted octanol–water partition coefficient (Wildman–Crippen LogP) is 2.75. The van der Waals surface area contributed by atoms with E-state index >= 15 is 0 Å². The van der Waals surface area contributed by atoms with E-state index in [4.69, 9.17) is 4.18 Å². The van der Waals surface area contributed by atoms with Gasteiger partial charge < -0.3 is 14.3 Å². The van der Waals surface area contributed by atoms with Gasteiger partial charge in [-0.15, -0.1) is 0 Å². The fourth-order valence-corrected chi connectivity index (χ4v) is 2.87. The van der Waals surface area contributed by atoms with Crippen LogP contribution in [0, 0.1) is 17.0 Å². The molecule has 2 aromatic rings. The van der Waals surface area contributed by atoms with Gasteiger partial charge in [-0.05, 0) is 30.1 Å². The Balaban J connectivity index is 2.07. The van der Waals surface area contributed by atoms with Gasteiger partial charge in [-0.3, -0.25) is 0 Å². The Morgan fingerprint density at radius 1 is 1.36 bits per heavy atom. The monoisotopic (exact) mass is 363 g/mol. The second kappa shape index (κ2) is 7.75. The standard InChI is InChI=1S/C16H17N3O5S/c1-3-10-18-15(17-12-16(18)19(20)21)5-4-11-24-25(22,23)14-8-6-13(2)7-9-14/h3-4,6-9,11-12H,1,5,10H2,2H3. The molecule has 1 aromatic carbocycles. The molecule has 25 heavy (non-hydrogen) atoms. The zero-order chi connectivity index (χ0) is 18.4. The maximum absolute atomic E-state index is 12.0. The zero-order valence-electron chi connectivity index (χ0n) is 13.5. The highest BCUT2D eigenvalue weighted by atomic mass is 32.2. The molecule has 0 unspecified atom stereocenters. The Bertz CT molecular complexity index is 898. The van der Waals surface area contributed by atoms with Crippen molar-refractivity contribution in [1.29, 1.82) is 0 Å². The molecule has 0 saturated heterocycles. The normalized spacial score (nSPS) is 11.6. The molecule has 0 amide bonds. The van der Waals surface area contributed by atoms with Gasteiger partial charge in [0, 0.05) is 6.42 Å². The summed E-state index contributed by atoms with van der Waals surface area (Å²) in [5, 5.41) is 10.9. The van der Waals surface area contributed by atoms with Crippen LogP contribution in [0.15, 0.2) is 60.4 Å². The lowest BCUT2D eigenvalue weighted by Crippen LogP contribution is -2.06. The third kappa shape index (κ3) is 4.54. The third-order valence-electron chi connectivity index (χ3n) is 3.30. The van der Waals surface area contributed by atoms with E-state index in [1.807, 2.05) is 6.92 Å². The Hall–Kier alpha value is -2.94. The van der Waals surface area contributed by atoms with Crippen molar-refractivity contribution in [1.82, 2.24) is 9.55 Å². The third-order valence-corrected chi connectivity index (χ3v) is 4.52. The van der Waals surface area contributed by atoms with E-state index in [2.05, 4.69) is 11.6 Å². The molecule has 8 nitrogen and oxygen atoms in total. The summed E-state index contributed by atoms with van der Waals surface area (Å²) in [6, 6.07) is 6.26. The molecular weight excluding hydrogens is 346 g/mol. The van der Waals surface area contributed by atoms with E-state index in [-0.39, 0.29) is 23.7 Å². The number of aryl methyl sites for hydroxylation is 1. The molecule has 0 aliphatic carbocycles. The van der Waals surface area contributed by atoms with Crippen LogP contribution in [0.2, 0.25) is 0 Å². The highest BCUT2D eigenvalue weighted by Crippen LogP contribution is 2.16. The van der Waals surface area contributed by atoms with Crippen molar-refractivity contribution in [2.45, 2.75) is 24.8 Å². The average Bonchev–Trinajstić information content (AvgIpc) is 2.95. The zero-order valence-corrected chi connectivity index (χ0v) is 14.3. The molecule has 132 valence electrons. The van der Waals surface area contributed by atoms with E-state index in [1.54, 1.807) is 12.1 Å². The smallest absolute Gasteiger partial charge is 0.343 e. The largest absolute Gasteiger partial charge is 0.387 e. The summed E-state index contributed by atoms with van der Waals surface area (Å²) in [7, 11) is -3.90. The topological polar surface area (TPSA) is 104 Å². The van der Waals surface area contributed by atoms with Gasteiger partial charge in [-0.1, -0.05) is 30.4 Å². The van der Waals surface area contributed by atoms with Gasteiger partial charge in [0.05, 0.1) is 0 Å². The highest BCUT2D eigenvalue weighted by molar-refractivity contribution is 7.86. The quantitative estimate of drug-likeness (QED) is 0.235. The molecular formula is C16H17N3O5S. The Morgan fingerprint density at radius 3 is 2.64 bits per heavy atom. The van der Waals surface area contributed by atoms with Crippen molar-refractivity contribution in [3.8, 4) is 0 Å². The van der Waals surface area contributed by atoms with Crippen LogP contribution >= 0.6 is 0 Å². The first kappa shape index (κ1) is 18.4. The number of imidazole rings is 1. The lowest BCUT2D eigenvalue weighted by molar-refractivity contribution is -0.392. The molecule has 9 heteroatoms. The van der Waals surface area contributed by atoms with E-state index in [9.17, 15) is 18.5 Å². The van der Waals surface area contributed by atoms with Crippen molar-refractivity contribution in [3.63, 3.8) is 0 Å². The van der Waals surface area contributed by atoms with Crippen molar-refractivity contribution >= 4 is 15.9 Å². The van der Waals surface area contributed by atoms with Crippen LogP contribution in [0.3, 0.4) is 0 Å². The maximum Gasteiger partial charge on any atom is 0.343 e. The highest BCUT2D eigenvalue weighted by Gasteiger charge is 2.18. The van der Waals surface area contributed by atoms with E-state index in [1.165, 1.54) is 28.9 Å². The first-order valence-electron chi connectivity index (χ1n) is 7.30. The van der Waals surface area contributed by atoms with E-state index in [0.717, 1.165) is 18.0 Å². The van der Waals surface area contributed by atoms with Crippen molar-refractivity contribution in [3.05, 3.63) is 77.0 Å². The number of nitro groups is 1. The van der Waals surface area contributed by atoms with Gasteiger partial charge in [-0.25, -0.2) is 9.55 Å². The maximum atomic E-state index is 12.0. The van der Waals surface area contributed by atoms with Gasteiger partial charge in [0.15, 0.2) is 0 Å². The molecule has 0 atom stereocenters. The second-order valence-corrected chi connectivity index (χ2v) is 6.70. The molecule has 0 spiro atoms. The predicted molar refractivity (Wildman–Crippen MR) is 91.4 cm³/mol. The van der Waals surface area contributed by atoms with Gasteiger partial charge in [-0.2, -0.15) is 8.42 Å². The van der Waals surface area contributed by atoms with Crippen LogP contribution in [0.1, 0.15) is 11.4 Å². The number of hydrogen-bond acceptors (Lipinski definition) is 6. The summed E-state index contributed by atoms with van der Waals surface area (Å²) in [5.41, 5.74) is 0.935. The van der Waals surface area contributed by atoms with Crippen LogP contribution in [0.5, 0.6) is 0 Å². The van der Waals surface area contributed by atoms with Crippen LogP contribution in [-0.4, -0.2) is 22.9 Å². The number of rotatable bonds is 8. The Morgan fingerprint density at radius 2 is 2.04 bits per heavy atom. The average molecular weight is 363 g/mol. The summed E-state index contributed by atoms with van der Waals surface area (Å²) in [5.74, 6) is 0.246. The fraction of sp³-hybridized carbons (Fsp3) is 0.188. The minimum atomic E-state index is -3.90. The van der Waals surface area contributed by atoms with Crippen LogP contribution in [0.25, 0.3) is 0 Å². The molecule has 1 heterocycles. The molecule has 0 radical (unpaired) electrons. The molecule has 2 rings (SSSR count). The summed E-state index contributed by atoms with van der Waals surface area (Å²) < 4.78 is 30.3. The van der Waals surface area contributed by atoms with Gasteiger partial charge in [0.25, 0.3) is 0 Å². The molecule has 0 aliphatic heterocycles. The second-order valence-electron chi connectivity index (χ2n) is 5.13. The Kier molecular flexibility index (Phi) is 5.71. The van der Waals surface area contributed by atoms with Crippen molar-refractivity contribution in [2.75, 3.05) is 0 Å². The number of allylic oxidation sites excluding steroid dienone is 2. The number of benzene rings is 1. The first-order chi connectivity index (χ1) is 11.8.